The Morgan fingerprint density at radius 3 is 2.95 bits per heavy atom. The molecule has 1 saturated heterocycles. The van der Waals surface area contributed by atoms with E-state index in [0.717, 1.165) is 37.1 Å². The van der Waals surface area contributed by atoms with Gasteiger partial charge in [0, 0.05) is 25.5 Å². The molecule has 0 aromatic carbocycles. The van der Waals surface area contributed by atoms with Crippen LogP contribution in [0.25, 0.3) is 0 Å². The Hall–Kier alpha value is -2.11. The lowest BCUT2D eigenvalue weighted by Gasteiger charge is -2.33. The number of hydrogen-bond acceptors (Lipinski definition) is 4. The van der Waals surface area contributed by atoms with Crippen molar-refractivity contribution in [1.29, 1.82) is 0 Å². The van der Waals surface area contributed by atoms with Crippen LogP contribution in [0.2, 0.25) is 0 Å². The first-order valence-electron chi connectivity index (χ1n) is 6.87. The number of aromatic nitrogens is 3. The van der Waals surface area contributed by atoms with Gasteiger partial charge in [0.25, 0.3) is 5.91 Å². The van der Waals surface area contributed by atoms with Crippen molar-refractivity contribution in [3.8, 4) is 0 Å². The van der Waals surface area contributed by atoms with E-state index in [1.165, 1.54) is 6.39 Å². The van der Waals surface area contributed by atoms with Crippen LogP contribution in [0.4, 0.5) is 0 Å². The predicted molar refractivity (Wildman–Crippen MR) is 72.1 cm³/mol. The molecule has 3 heterocycles. The zero-order chi connectivity index (χ0) is 14.1. The molecule has 1 amide bonds. The van der Waals surface area contributed by atoms with Crippen LogP contribution in [0.1, 0.15) is 47.2 Å². The molecule has 20 heavy (non-hydrogen) atoms. The van der Waals surface area contributed by atoms with E-state index in [2.05, 4.69) is 10.1 Å². The van der Waals surface area contributed by atoms with Crippen LogP contribution in [0.3, 0.4) is 0 Å². The minimum Gasteiger partial charge on any atom is -0.354 e. The topological polar surface area (TPSA) is 64.2 Å². The molecular formula is C14H18N4O2. The molecule has 0 radical (unpaired) electrons. The number of aryl methyl sites for hydroxylation is 1. The van der Waals surface area contributed by atoms with Crippen LogP contribution >= 0.6 is 0 Å². The molecule has 0 bridgehead atoms. The molecule has 2 aromatic heterocycles. The second-order valence-corrected chi connectivity index (χ2v) is 5.23. The summed E-state index contributed by atoms with van der Waals surface area (Å²) in [4.78, 5) is 18.8. The lowest BCUT2D eigenvalue weighted by molar-refractivity contribution is 0.0596. The van der Waals surface area contributed by atoms with Crippen molar-refractivity contribution >= 4 is 5.91 Å². The van der Waals surface area contributed by atoms with Gasteiger partial charge in [-0.25, -0.2) is 0 Å². The molecule has 1 unspecified atom stereocenters. The third-order valence-electron chi connectivity index (χ3n) is 4.05. The molecule has 0 N–H and O–H groups in total. The first-order valence-corrected chi connectivity index (χ1v) is 6.87. The molecule has 1 atom stereocenters. The Balaban J connectivity index is 1.90. The molecule has 0 spiro atoms. The van der Waals surface area contributed by atoms with Gasteiger partial charge in [-0.15, -0.1) is 0 Å². The van der Waals surface area contributed by atoms with Gasteiger partial charge in [0.15, 0.2) is 5.82 Å². The normalized spacial score (nSPS) is 19.3. The number of nitrogens with zero attached hydrogens (tertiary/aromatic N) is 4. The monoisotopic (exact) mass is 274 g/mol. The maximum atomic E-state index is 12.8. The van der Waals surface area contributed by atoms with Crippen molar-refractivity contribution in [1.82, 2.24) is 19.6 Å². The van der Waals surface area contributed by atoms with Gasteiger partial charge in [-0.1, -0.05) is 5.16 Å². The van der Waals surface area contributed by atoms with Crippen LogP contribution < -0.4 is 0 Å². The van der Waals surface area contributed by atoms with Gasteiger partial charge in [0.05, 0.1) is 11.6 Å². The number of rotatable bonds is 2. The summed E-state index contributed by atoms with van der Waals surface area (Å²) in [6, 6.07) is 1.80. The highest BCUT2D eigenvalue weighted by atomic mass is 16.5. The molecule has 1 aliphatic heterocycles. The van der Waals surface area contributed by atoms with Gasteiger partial charge in [-0.2, -0.15) is 4.98 Å². The van der Waals surface area contributed by atoms with E-state index in [1.807, 2.05) is 35.7 Å². The smallest absolute Gasteiger partial charge is 0.256 e. The quantitative estimate of drug-likeness (QED) is 0.841. The van der Waals surface area contributed by atoms with E-state index in [1.54, 1.807) is 0 Å². The van der Waals surface area contributed by atoms with Gasteiger partial charge in [-0.05, 0) is 32.3 Å². The lowest BCUT2D eigenvalue weighted by atomic mass is 10.0. The summed E-state index contributed by atoms with van der Waals surface area (Å²) in [7, 11) is 1.94. The minimum atomic E-state index is -0.0744. The number of carbonyl (C=O) groups is 1. The SMILES string of the molecule is Cc1c(C(=O)N2CCCCC2c2ncon2)ccn1C. The Kier molecular flexibility index (Phi) is 3.30. The lowest BCUT2D eigenvalue weighted by Crippen LogP contribution is -2.39. The van der Waals surface area contributed by atoms with Crippen LogP contribution in [0.5, 0.6) is 0 Å². The van der Waals surface area contributed by atoms with Crippen molar-refractivity contribution in [3.05, 3.63) is 35.7 Å². The first-order chi connectivity index (χ1) is 9.68. The Morgan fingerprint density at radius 2 is 2.30 bits per heavy atom. The second kappa shape index (κ2) is 5.11. The Bertz CT molecular complexity index is 603. The van der Waals surface area contributed by atoms with Crippen molar-refractivity contribution in [2.75, 3.05) is 6.54 Å². The van der Waals surface area contributed by atoms with E-state index in [9.17, 15) is 4.79 Å². The summed E-state index contributed by atoms with van der Waals surface area (Å²) in [5, 5.41) is 3.91. The molecule has 6 nitrogen and oxygen atoms in total. The molecule has 3 rings (SSSR count). The zero-order valence-electron chi connectivity index (χ0n) is 11.7. The largest absolute Gasteiger partial charge is 0.354 e. The zero-order valence-corrected chi connectivity index (χ0v) is 11.7. The maximum absolute atomic E-state index is 12.8. The number of amides is 1. The van der Waals surface area contributed by atoms with Crippen molar-refractivity contribution in [2.45, 2.75) is 32.2 Å². The molecular weight excluding hydrogens is 256 g/mol. The van der Waals surface area contributed by atoms with Crippen LogP contribution in [-0.4, -0.2) is 32.1 Å². The second-order valence-electron chi connectivity index (χ2n) is 5.23. The number of hydrogen-bond donors (Lipinski definition) is 0. The van der Waals surface area contributed by atoms with E-state index in [4.69, 9.17) is 4.52 Å². The predicted octanol–water partition coefficient (Wildman–Crippen LogP) is 2.08. The fourth-order valence-corrected chi connectivity index (χ4v) is 2.76. The summed E-state index contributed by atoms with van der Waals surface area (Å²) in [6.07, 6.45) is 6.22. The fourth-order valence-electron chi connectivity index (χ4n) is 2.76. The average Bonchev–Trinajstić information content (AvgIpc) is 3.10. The molecule has 1 aliphatic rings. The summed E-state index contributed by atoms with van der Waals surface area (Å²) in [5.74, 6) is 0.657. The first kappa shape index (κ1) is 12.9. The highest BCUT2D eigenvalue weighted by Gasteiger charge is 2.32. The standard InChI is InChI=1S/C14H18N4O2/c1-10-11(6-8-17(10)2)14(19)18-7-4-3-5-12(18)13-15-9-20-16-13/h6,8-9,12H,3-5,7H2,1-2H3. The molecule has 106 valence electrons. The van der Waals surface area contributed by atoms with Gasteiger partial charge < -0.3 is 14.0 Å². The van der Waals surface area contributed by atoms with Gasteiger partial charge >= 0.3 is 0 Å². The molecule has 6 heteroatoms. The van der Waals surface area contributed by atoms with Gasteiger partial charge in [-0.3, -0.25) is 4.79 Å². The average molecular weight is 274 g/mol. The summed E-state index contributed by atoms with van der Waals surface area (Å²) < 4.78 is 6.79. The third kappa shape index (κ3) is 2.11. The Morgan fingerprint density at radius 1 is 1.45 bits per heavy atom. The Labute approximate surface area is 117 Å². The highest BCUT2D eigenvalue weighted by Crippen LogP contribution is 2.30. The van der Waals surface area contributed by atoms with Gasteiger partial charge in [0.1, 0.15) is 0 Å². The summed E-state index contributed by atoms with van der Waals surface area (Å²) >= 11 is 0. The summed E-state index contributed by atoms with van der Waals surface area (Å²) in [6.45, 7) is 2.70. The van der Waals surface area contributed by atoms with Crippen LogP contribution in [-0.2, 0) is 7.05 Å². The third-order valence-corrected chi connectivity index (χ3v) is 4.05. The van der Waals surface area contributed by atoms with Gasteiger partial charge in [0.2, 0.25) is 6.39 Å². The minimum absolute atomic E-state index is 0.0533. The van der Waals surface area contributed by atoms with E-state index in [-0.39, 0.29) is 11.9 Å². The van der Waals surface area contributed by atoms with Crippen molar-refractivity contribution in [3.63, 3.8) is 0 Å². The molecule has 0 aliphatic carbocycles. The molecule has 1 fully saturated rings. The van der Waals surface area contributed by atoms with Crippen molar-refractivity contribution < 1.29 is 9.32 Å². The van der Waals surface area contributed by atoms with E-state index in [0.29, 0.717) is 5.82 Å². The van der Waals surface area contributed by atoms with Crippen LogP contribution in [0.15, 0.2) is 23.2 Å². The van der Waals surface area contributed by atoms with Crippen LogP contribution in [0, 0.1) is 6.92 Å². The fraction of sp³-hybridized carbons (Fsp3) is 0.500. The number of piperidine rings is 1. The van der Waals surface area contributed by atoms with E-state index < -0.39 is 0 Å². The molecule has 0 saturated carbocycles. The molecule has 2 aromatic rings. The van der Waals surface area contributed by atoms with E-state index >= 15 is 0 Å². The summed E-state index contributed by atoms with van der Waals surface area (Å²) in [5.41, 5.74) is 1.73. The number of carbonyl (C=O) groups excluding carboxylic acids is 1. The number of likely N-dealkylation sites (tertiary alicyclic amines) is 1. The maximum Gasteiger partial charge on any atom is 0.256 e. The highest BCUT2D eigenvalue weighted by molar-refractivity contribution is 5.95. The van der Waals surface area contributed by atoms with Crippen molar-refractivity contribution in [2.24, 2.45) is 7.05 Å².